The number of amides is 1. The Balaban J connectivity index is 1.20. The van der Waals surface area contributed by atoms with Crippen LogP contribution in [0.1, 0.15) is 72.1 Å². The van der Waals surface area contributed by atoms with Crippen molar-refractivity contribution in [2.24, 2.45) is 41.2 Å². The molecule has 0 aromatic rings. The predicted molar refractivity (Wildman–Crippen MR) is 195 cm³/mol. The molecule has 50 heavy (non-hydrogen) atoms. The van der Waals surface area contributed by atoms with E-state index in [1.54, 1.807) is 13.0 Å². The minimum atomic E-state index is -0.940. The zero-order valence-electron chi connectivity index (χ0n) is 29.8. The van der Waals surface area contributed by atoms with Crippen LogP contribution in [0.5, 0.6) is 0 Å². The molecule has 6 fully saturated rings. The van der Waals surface area contributed by atoms with Gasteiger partial charge >= 0.3 is 11.9 Å². The van der Waals surface area contributed by atoms with E-state index in [9.17, 15) is 14.4 Å². The second kappa shape index (κ2) is 13.5. The number of carbonyl (C=O) groups excluding carboxylic acids is 3. The number of fused-ring (bicyclic) bond motifs is 6. The summed E-state index contributed by atoms with van der Waals surface area (Å²) in [6.07, 6.45) is 13.7. The molecule has 10 nitrogen and oxygen atoms in total. The van der Waals surface area contributed by atoms with Gasteiger partial charge in [0.1, 0.15) is 17.3 Å². The predicted octanol–water partition coefficient (Wildman–Crippen LogP) is 4.11. The minimum Gasteiger partial charge on any atom is -0.462 e. The largest absolute Gasteiger partial charge is 0.462 e. The fraction of sp³-hybridized carbons (Fsp3) is 0.763. The van der Waals surface area contributed by atoms with Gasteiger partial charge in [-0.05, 0) is 77.2 Å². The standard InChI is InChI=1S/C38H54N4O6S2/c1-5-20(2)36(45)48-37(3)11-10-22-19-49-50-30-8-7-27(40-4)26-18-42(35(26)30)32(43)13-24-17-41-31(39)14-25(24)34(22)38(37)16-23-12-21-6-9-33(44)46-28(21)15-29(23)47-38/h5,7-8,10,21,23-31,34-35,40-41H,6,9,11-19,39H2,1-4H3. The van der Waals surface area contributed by atoms with Gasteiger partial charge < -0.3 is 35.5 Å². The average molecular weight is 727 g/mol. The Labute approximate surface area is 304 Å². The van der Waals surface area contributed by atoms with Gasteiger partial charge in [0.05, 0.1) is 23.6 Å². The second-order valence-corrected chi connectivity index (χ2v) is 19.0. The summed E-state index contributed by atoms with van der Waals surface area (Å²) in [4.78, 5) is 42.5. The monoisotopic (exact) mass is 726 g/mol. The summed E-state index contributed by atoms with van der Waals surface area (Å²) in [6, 6.07) is 0.478. The third-order valence-corrected chi connectivity index (χ3v) is 16.6. The summed E-state index contributed by atoms with van der Waals surface area (Å²) in [7, 11) is 5.78. The van der Waals surface area contributed by atoms with Crippen LogP contribution < -0.4 is 16.4 Å². The summed E-state index contributed by atoms with van der Waals surface area (Å²) in [5.74, 6) is 1.63. The number of nitrogens with two attached hydrogens (primary N) is 1. The van der Waals surface area contributed by atoms with Crippen molar-refractivity contribution in [1.82, 2.24) is 15.5 Å². The fourth-order valence-electron chi connectivity index (χ4n) is 11.1. The first kappa shape index (κ1) is 35.2. The lowest BCUT2D eigenvalue weighted by molar-refractivity contribution is -0.229. The number of hydrogen-bond donors (Lipinski definition) is 3. The quantitative estimate of drug-likeness (QED) is 0.168. The molecule has 1 amide bonds. The van der Waals surface area contributed by atoms with Crippen molar-refractivity contribution in [3.63, 3.8) is 0 Å². The number of likely N-dealkylation sites (N-methyl/N-ethyl adjacent to an activating group) is 1. The molecule has 0 aromatic carbocycles. The summed E-state index contributed by atoms with van der Waals surface area (Å²) >= 11 is 0. The summed E-state index contributed by atoms with van der Waals surface area (Å²) in [5, 5.41) is 7.21. The SMILES string of the molecule is CC=C(C)C(=O)OC1(C)CC=C2CSSC3C=CC(NC)C4CN(C(=O)CC5CNC(N)CC5C2C12CC1CC5CCC(=O)OC5CC1O2)C34. The van der Waals surface area contributed by atoms with Gasteiger partial charge in [-0.25, -0.2) is 4.79 Å². The Hall–Kier alpha value is -1.83. The molecule has 0 bridgehead atoms. The Bertz CT molecular complexity index is 1490. The average Bonchev–Trinajstić information content (AvgIpc) is 3.45. The smallest absolute Gasteiger partial charge is 0.334 e. The number of hydrogen-bond acceptors (Lipinski definition) is 11. The maximum Gasteiger partial charge on any atom is 0.334 e. The van der Waals surface area contributed by atoms with Gasteiger partial charge in [-0.3, -0.25) is 9.59 Å². The molecule has 5 aliphatic heterocycles. The van der Waals surface area contributed by atoms with E-state index < -0.39 is 11.2 Å². The van der Waals surface area contributed by atoms with Crippen molar-refractivity contribution in [3.05, 3.63) is 35.5 Å². The highest BCUT2D eigenvalue weighted by Crippen LogP contribution is 2.62. The van der Waals surface area contributed by atoms with E-state index in [2.05, 4.69) is 40.7 Å². The number of nitrogens with one attached hydrogen (secondary N) is 2. The first-order valence-corrected chi connectivity index (χ1v) is 21.3. The van der Waals surface area contributed by atoms with Crippen LogP contribution in [-0.4, -0.2) is 95.5 Å². The van der Waals surface area contributed by atoms with Crippen molar-refractivity contribution in [1.29, 1.82) is 0 Å². The lowest BCUT2D eigenvalue weighted by Gasteiger charge is -2.58. The molecule has 4 N–H and O–H groups in total. The highest BCUT2D eigenvalue weighted by molar-refractivity contribution is 8.77. The Morgan fingerprint density at radius 1 is 1.16 bits per heavy atom. The summed E-state index contributed by atoms with van der Waals surface area (Å²) < 4.78 is 20.1. The van der Waals surface area contributed by atoms with Crippen molar-refractivity contribution in [3.8, 4) is 0 Å². The highest BCUT2D eigenvalue weighted by atomic mass is 33.1. The summed E-state index contributed by atoms with van der Waals surface area (Å²) in [5.41, 5.74) is 6.88. The minimum absolute atomic E-state index is 0.0477. The molecule has 8 aliphatic rings. The van der Waals surface area contributed by atoms with E-state index in [0.29, 0.717) is 56.1 Å². The maximum absolute atomic E-state index is 14.3. The molecule has 12 heteroatoms. The third-order valence-electron chi connectivity index (χ3n) is 13.9. The van der Waals surface area contributed by atoms with Crippen LogP contribution in [-0.2, 0) is 28.6 Å². The molecule has 274 valence electrons. The van der Waals surface area contributed by atoms with Crippen molar-refractivity contribution in [2.45, 2.75) is 119 Å². The number of nitrogens with zero attached hydrogens (tertiary/aromatic N) is 1. The molecule has 8 rings (SSSR count). The van der Waals surface area contributed by atoms with Crippen LogP contribution in [0.3, 0.4) is 0 Å². The molecular formula is C38H54N4O6S2. The molecule has 14 unspecified atom stereocenters. The zero-order valence-corrected chi connectivity index (χ0v) is 31.4. The highest BCUT2D eigenvalue weighted by Gasteiger charge is 2.68. The fourth-order valence-corrected chi connectivity index (χ4v) is 14.0. The lowest BCUT2D eigenvalue weighted by atomic mass is 9.56. The van der Waals surface area contributed by atoms with Crippen molar-refractivity contribution >= 4 is 39.4 Å². The van der Waals surface area contributed by atoms with Gasteiger partial charge in [0.2, 0.25) is 5.91 Å². The van der Waals surface area contributed by atoms with Crippen molar-refractivity contribution < 1.29 is 28.6 Å². The van der Waals surface area contributed by atoms with Crippen LogP contribution in [0, 0.1) is 35.5 Å². The molecule has 5 saturated heterocycles. The van der Waals surface area contributed by atoms with Gasteiger partial charge in [0.25, 0.3) is 0 Å². The Kier molecular flexibility index (Phi) is 9.54. The van der Waals surface area contributed by atoms with Crippen LogP contribution >= 0.6 is 21.6 Å². The number of rotatable bonds is 3. The van der Waals surface area contributed by atoms with E-state index in [4.69, 9.17) is 19.9 Å². The molecule has 3 aliphatic carbocycles. The zero-order chi connectivity index (χ0) is 34.9. The van der Waals surface area contributed by atoms with Crippen LogP contribution in [0.4, 0.5) is 0 Å². The molecule has 14 atom stereocenters. The van der Waals surface area contributed by atoms with E-state index >= 15 is 0 Å². The molecule has 1 saturated carbocycles. The first-order valence-electron chi connectivity index (χ1n) is 18.9. The van der Waals surface area contributed by atoms with Crippen LogP contribution in [0.15, 0.2) is 35.5 Å². The van der Waals surface area contributed by atoms with E-state index in [-0.39, 0.29) is 77.2 Å². The van der Waals surface area contributed by atoms with Crippen molar-refractivity contribution in [2.75, 3.05) is 25.9 Å². The van der Waals surface area contributed by atoms with Crippen LogP contribution in [0.25, 0.3) is 0 Å². The maximum atomic E-state index is 14.3. The molecular weight excluding hydrogens is 673 g/mol. The van der Waals surface area contributed by atoms with E-state index in [1.165, 1.54) is 5.57 Å². The molecule has 0 aromatic heterocycles. The van der Waals surface area contributed by atoms with Crippen LogP contribution in [0.2, 0.25) is 0 Å². The molecule has 0 radical (unpaired) electrons. The number of ether oxygens (including phenoxy) is 3. The van der Waals surface area contributed by atoms with E-state index in [0.717, 1.165) is 31.6 Å². The number of piperidine rings is 1. The number of esters is 2. The number of allylic oxidation sites excluding steroid dienone is 1. The molecule has 1 spiro atoms. The molecule has 5 heterocycles. The third kappa shape index (κ3) is 5.82. The van der Waals surface area contributed by atoms with Gasteiger partial charge in [0.15, 0.2) is 0 Å². The van der Waals surface area contributed by atoms with Gasteiger partial charge in [-0.2, -0.15) is 0 Å². The van der Waals surface area contributed by atoms with Gasteiger partial charge in [-0.1, -0.05) is 51.5 Å². The summed E-state index contributed by atoms with van der Waals surface area (Å²) in [6.45, 7) is 7.19. The second-order valence-electron chi connectivity index (χ2n) is 16.5. The lowest BCUT2D eigenvalue weighted by Crippen LogP contribution is -2.69. The topological polar surface area (TPSA) is 132 Å². The van der Waals surface area contributed by atoms with Gasteiger partial charge in [0, 0.05) is 68.0 Å². The first-order chi connectivity index (χ1) is 24.0. The Morgan fingerprint density at radius 3 is 2.80 bits per heavy atom. The Morgan fingerprint density at radius 2 is 2.00 bits per heavy atom. The number of carbonyl (C=O) groups is 3. The van der Waals surface area contributed by atoms with Gasteiger partial charge in [-0.15, -0.1) is 0 Å². The van der Waals surface area contributed by atoms with E-state index in [1.807, 2.05) is 35.6 Å². The normalized spacial score (nSPS) is 47.2.